The Balaban J connectivity index is 1.85. The summed E-state index contributed by atoms with van der Waals surface area (Å²) in [6, 6.07) is 5.49. The lowest BCUT2D eigenvalue weighted by molar-refractivity contribution is -0.00549. The molecule has 0 amide bonds. The largest absolute Gasteiger partial charge is 0.392 e. The quantitative estimate of drug-likeness (QED) is 0.760. The van der Waals surface area contributed by atoms with Crippen LogP contribution < -0.4 is 4.90 Å². The molecule has 6 nitrogen and oxygen atoms in total. The Morgan fingerprint density at radius 3 is 2.63 bits per heavy atom. The number of rotatable bonds is 3. The van der Waals surface area contributed by atoms with E-state index in [1.54, 1.807) is 12.3 Å². The standard InChI is InChI=1S/C20H22FN3O3/c1-11-4-5-14(7-22-11)18-16-6-15(10-25)19(17(21)20(16)27-23-18)24-8-12(2)26-13(3)9-24/h4-7,12-13,25H,8-10H2,1-3H3/t12-,13+. The smallest absolute Gasteiger partial charge is 0.205 e. The number of ether oxygens (including phenoxy) is 1. The fraction of sp³-hybridized carbons (Fsp3) is 0.400. The number of aliphatic hydroxyl groups excluding tert-OH is 1. The number of morpholine rings is 1. The minimum absolute atomic E-state index is 0.0284. The normalized spacial score (nSPS) is 20.4. The molecule has 2 aromatic heterocycles. The van der Waals surface area contributed by atoms with Crippen LogP contribution in [0.25, 0.3) is 22.2 Å². The Hall–Kier alpha value is -2.51. The molecule has 1 saturated heterocycles. The highest BCUT2D eigenvalue weighted by molar-refractivity contribution is 5.94. The summed E-state index contributed by atoms with van der Waals surface area (Å²) >= 11 is 0. The molecule has 0 spiro atoms. The van der Waals surface area contributed by atoms with Crippen molar-refractivity contribution in [2.75, 3.05) is 18.0 Å². The molecular weight excluding hydrogens is 349 g/mol. The van der Waals surface area contributed by atoms with Crippen molar-refractivity contribution in [2.45, 2.75) is 39.6 Å². The van der Waals surface area contributed by atoms with Gasteiger partial charge >= 0.3 is 0 Å². The van der Waals surface area contributed by atoms with Gasteiger partial charge in [-0.25, -0.2) is 4.39 Å². The molecule has 3 aromatic rings. The number of aryl methyl sites for hydroxylation is 1. The maximum absolute atomic E-state index is 15.4. The molecule has 3 heterocycles. The first-order chi connectivity index (χ1) is 13.0. The van der Waals surface area contributed by atoms with E-state index in [0.717, 1.165) is 11.3 Å². The van der Waals surface area contributed by atoms with Gasteiger partial charge in [-0.15, -0.1) is 0 Å². The number of aliphatic hydroxyl groups is 1. The Morgan fingerprint density at radius 1 is 1.26 bits per heavy atom. The topological polar surface area (TPSA) is 71.6 Å². The number of fused-ring (bicyclic) bond motifs is 1. The molecule has 1 aliphatic heterocycles. The van der Waals surface area contributed by atoms with Gasteiger partial charge in [-0.2, -0.15) is 0 Å². The molecule has 1 fully saturated rings. The van der Waals surface area contributed by atoms with Gasteiger partial charge in [0.05, 0.1) is 29.9 Å². The van der Waals surface area contributed by atoms with Crippen LogP contribution in [0.3, 0.4) is 0 Å². The number of aromatic nitrogens is 2. The van der Waals surface area contributed by atoms with E-state index in [9.17, 15) is 5.11 Å². The van der Waals surface area contributed by atoms with Gasteiger partial charge in [-0.05, 0) is 39.0 Å². The molecule has 4 rings (SSSR count). The Bertz CT molecular complexity index is 961. The Labute approximate surface area is 156 Å². The van der Waals surface area contributed by atoms with E-state index in [2.05, 4.69) is 10.1 Å². The molecule has 0 bridgehead atoms. The predicted octanol–water partition coefficient (Wildman–Crippen LogP) is 3.44. The van der Waals surface area contributed by atoms with Crippen molar-refractivity contribution in [3.63, 3.8) is 0 Å². The molecule has 0 unspecified atom stereocenters. The highest BCUT2D eigenvalue weighted by atomic mass is 19.1. The van der Waals surface area contributed by atoms with Crippen molar-refractivity contribution >= 4 is 16.7 Å². The summed E-state index contributed by atoms with van der Waals surface area (Å²) in [7, 11) is 0. The first-order valence-corrected chi connectivity index (χ1v) is 9.03. The SMILES string of the molecule is Cc1ccc(-c2noc3c(F)c(N4C[C@@H](C)O[C@@H](C)C4)c(CO)cc23)cn1. The van der Waals surface area contributed by atoms with Gasteiger partial charge < -0.3 is 19.3 Å². The average Bonchev–Trinajstić information content (AvgIpc) is 3.05. The average molecular weight is 371 g/mol. The lowest BCUT2D eigenvalue weighted by Crippen LogP contribution is -2.46. The molecule has 2 atom stereocenters. The van der Waals surface area contributed by atoms with Crippen LogP contribution in [0, 0.1) is 12.7 Å². The number of hydrogen-bond donors (Lipinski definition) is 1. The van der Waals surface area contributed by atoms with Crippen molar-refractivity contribution in [1.82, 2.24) is 10.1 Å². The molecule has 0 aliphatic carbocycles. The van der Waals surface area contributed by atoms with E-state index < -0.39 is 5.82 Å². The zero-order valence-corrected chi connectivity index (χ0v) is 15.6. The van der Waals surface area contributed by atoms with Gasteiger partial charge in [0, 0.05) is 36.1 Å². The third-order valence-electron chi connectivity index (χ3n) is 4.85. The van der Waals surface area contributed by atoms with E-state index in [1.165, 1.54) is 0 Å². The van der Waals surface area contributed by atoms with Crippen LogP contribution in [-0.4, -0.2) is 40.5 Å². The second-order valence-corrected chi connectivity index (χ2v) is 7.11. The summed E-state index contributed by atoms with van der Waals surface area (Å²) < 4.78 is 26.5. The monoisotopic (exact) mass is 371 g/mol. The van der Waals surface area contributed by atoms with Gasteiger partial charge in [-0.3, -0.25) is 4.98 Å². The number of halogens is 1. The first kappa shape index (κ1) is 17.9. The van der Waals surface area contributed by atoms with Gasteiger partial charge in [0.1, 0.15) is 5.69 Å². The van der Waals surface area contributed by atoms with E-state index in [4.69, 9.17) is 9.26 Å². The highest BCUT2D eigenvalue weighted by Gasteiger charge is 2.29. The van der Waals surface area contributed by atoms with Gasteiger partial charge in [0.15, 0.2) is 5.82 Å². The zero-order chi connectivity index (χ0) is 19.1. The minimum Gasteiger partial charge on any atom is -0.392 e. The first-order valence-electron chi connectivity index (χ1n) is 9.03. The van der Waals surface area contributed by atoms with Crippen molar-refractivity contribution in [2.24, 2.45) is 0 Å². The second kappa shape index (κ2) is 6.90. The maximum Gasteiger partial charge on any atom is 0.205 e. The van der Waals surface area contributed by atoms with Crippen LogP contribution in [0.4, 0.5) is 10.1 Å². The number of benzene rings is 1. The highest BCUT2D eigenvalue weighted by Crippen LogP contribution is 2.37. The summed E-state index contributed by atoms with van der Waals surface area (Å²) in [5.41, 5.74) is 3.09. The van der Waals surface area contributed by atoms with E-state index in [0.29, 0.717) is 35.4 Å². The van der Waals surface area contributed by atoms with Gasteiger partial charge in [-0.1, -0.05) is 5.16 Å². The number of anilines is 1. The molecule has 1 N–H and O–H groups in total. The fourth-order valence-corrected chi connectivity index (χ4v) is 3.72. The second-order valence-electron chi connectivity index (χ2n) is 7.11. The molecule has 27 heavy (non-hydrogen) atoms. The molecule has 1 aromatic carbocycles. The van der Waals surface area contributed by atoms with Gasteiger partial charge in [0.2, 0.25) is 5.58 Å². The third kappa shape index (κ3) is 3.17. The van der Waals surface area contributed by atoms with Crippen molar-refractivity contribution in [3.05, 3.63) is 41.5 Å². The Morgan fingerprint density at radius 2 is 2.00 bits per heavy atom. The predicted molar refractivity (Wildman–Crippen MR) is 100 cm³/mol. The number of pyridine rings is 1. The minimum atomic E-state index is -0.503. The van der Waals surface area contributed by atoms with E-state index in [-0.39, 0.29) is 24.4 Å². The van der Waals surface area contributed by atoms with Crippen LogP contribution in [-0.2, 0) is 11.3 Å². The number of nitrogens with zero attached hydrogens (tertiary/aromatic N) is 3. The molecule has 0 radical (unpaired) electrons. The Kier molecular flexibility index (Phi) is 4.57. The lowest BCUT2D eigenvalue weighted by Gasteiger charge is -2.37. The van der Waals surface area contributed by atoms with Crippen LogP contribution in [0.2, 0.25) is 0 Å². The third-order valence-corrected chi connectivity index (χ3v) is 4.85. The van der Waals surface area contributed by atoms with Crippen LogP contribution in [0.15, 0.2) is 28.9 Å². The van der Waals surface area contributed by atoms with Crippen molar-refractivity contribution < 1.29 is 18.8 Å². The summed E-state index contributed by atoms with van der Waals surface area (Å²) in [4.78, 5) is 6.18. The van der Waals surface area contributed by atoms with E-state index >= 15 is 4.39 Å². The van der Waals surface area contributed by atoms with Crippen LogP contribution >= 0.6 is 0 Å². The van der Waals surface area contributed by atoms with Crippen molar-refractivity contribution in [1.29, 1.82) is 0 Å². The van der Waals surface area contributed by atoms with E-state index in [1.807, 2.05) is 37.8 Å². The molecule has 7 heteroatoms. The zero-order valence-electron chi connectivity index (χ0n) is 15.6. The summed E-state index contributed by atoms with van der Waals surface area (Å²) in [6.45, 7) is 6.61. The lowest BCUT2D eigenvalue weighted by atomic mass is 10.0. The molecular formula is C20H22FN3O3. The summed E-state index contributed by atoms with van der Waals surface area (Å²) in [6.07, 6.45) is 1.63. The summed E-state index contributed by atoms with van der Waals surface area (Å²) in [5, 5.41) is 14.5. The molecule has 1 aliphatic rings. The van der Waals surface area contributed by atoms with Crippen LogP contribution in [0.1, 0.15) is 25.1 Å². The van der Waals surface area contributed by atoms with Crippen molar-refractivity contribution in [3.8, 4) is 11.3 Å². The molecule has 0 saturated carbocycles. The maximum atomic E-state index is 15.4. The van der Waals surface area contributed by atoms with Gasteiger partial charge in [0.25, 0.3) is 0 Å². The fourth-order valence-electron chi connectivity index (χ4n) is 3.72. The summed E-state index contributed by atoms with van der Waals surface area (Å²) in [5.74, 6) is -0.503. The molecule has 142 valence electrons. The number of hydrogen-bond acceptors (Lipinski definition) is 6. The van der Waals surface area contributed by atoms with Crippen LogP contribution in [0.5, 0.6) is 0 Å².